The number of hydrogen-bond acceptors (Lipinski definition) is 4. The minimum atomic E-state index is -3.90. The van der Waals surface area contributed by atoms with E-state index < -0.39 is 10.0 Å². The van der Waals surface area contributed by atoms with Crippen LogP contribution in [0.2, 0.25) is 0 Å². The van der Waals surface area contributed by atoms with E-state index in [2.05, 4.69) is 20.1 Å². The average molecular weight is 365 g/mol. The van der Waals surface area contributed by atoms with Gasteiger partial charge >= 0.3 is 0 Å². The van der Waals surface area contributed by atoms with Crippen LogP contribution in [0.5, 0.6) is 0 Å². The highest BCUT2D eigenvalue weighted by atomic mass is 32.2. The van der Waals surface area contributed by atoms with Gasteiger partial charge in [-0.15, -0.1) is 0 Å². The zero-order valence-electron chi connectivity index (χ0n) is 13.6. The molecule has 0 aliphatic carbocycles. The summed E-state index contributed by atoms with van der Waals surface area (Å²) in [7, 11) is -3.90. The molecule has 0 radical (unpaired) electrons. The molecule has 0 atom stereocenters. The molecule has 0 aliphatic rings. The third-order valence-corrected chi connectivity index (χ3v) is 4.91. The van der Waals surface area contributed by atoms with E-state index in [0.29, 0.717) is 11.4 Å². The van der Waals surface area contributed by atoms with Crippen LogP contribution in [0.3, 0.4) is 0 Å². The highest BCUT2D eigenvalue weighted by molar-refractivity contribution is 7.92. The Kier molecular flexibility index (Phi) is 5.07. The van der Waals surface area contributed by atoms with Crippen LogP contribution >= 0.6 is 0 Å². The Morgan fingerprint density at radius 1 is 0.846 bits per heavy atom. The van der Waals surface area contributed by atoms with Gasteiger partial charge in [0.05, 0.1) is 5.69 Å². The quantitative estimate of drug-likeness (QED) is 0.357. The molecule has 3 rings (SSSR count). The Hall–Kier alpha value is -3.48. The SMILES string of the molecule is [N-]=[N+]=Nc1ccc(Nc2ccccc2)c(S(=O)(=O)Nc2ccccc2)c1. The van der Waals surface area contributed by atoms with Crippen LogP contribution in [-0.4, -0.2) is 8.42 Å². The van der Waals surface area contributed by atoms with E-state index in [0.717, 1.165) is 5.69 Å². The number of rotatable bonds is 6. The lowest BCUT2D eigenvalue weighted by Gasteiger charge is -2.14. The van der Waals surface area contributed by atoms with Crippen molar-refractivity contribution < 1.29 is 8.42 Å². The molecule has 0 amide bonds. The molecule has 8 heteroatoms. The van der Waals surface area contributed by atoms with Crippen LogP contribution in [0.1, 0.15) is 0 Å². The van der Waals surface area contributed by atoms with Gasteiger partial charge in [0.15, 0.2) is 0 Å². The summed E-state index contributed by atoms with van der Waals surface area (Å²) >= 11 is 0. The molecule has 0 unspecified atom stereocenters. The molecule has 7 nitrogen and oxygen atoms in total. The summed E-state index contributed by atoms with van der Waals surface area (Å²) in [5, 5.41) is 6.58. The topological polar surface area (TPSA) is 107 Å². The summed E-state index contributed by atoms with van der Waals surface area (Å²) in [6.45, 7) is 0. The number of nitrogens with zero attached hydrogens (tertiary/aromatic N) is 3. The molecule has 0 aromatic heterocycles. The molecule has 0 heterocycles. The van der Waals surface area contributed by atoms with Gasteiger partial charge < -0.3 is 5.32 Å². The van der Waals surface area contributed by atoms with E-state index in [1.54, 1.807) is 42.5 Å². The molecule has 0 aliphatic heterocycles. The molecule has 0 saturated carbocycles. The van der Waals surface area contributed by atoms with Crippen molar-refractivity contribution in [3.63, 3.8) is 0 Å². The fraction of sp³-hybridized carbons (Fsp3) is 0. The number of para-hydroxylation sites is 2. The number of anilines is 3. The van der Waals surface area contributed by atoms with E-state index >= 15 is 0 Å². The monoisotopic (exact) mass is 365 g/mol. The van der Waals surface area contributed by atoms with E-state index in [4.69, 9.17) is 5.53 Å². The first kappa shape index (κ1) is 17.3. The van der Waals surface area contributed by atoms with Crippen LogP contribution in [0.15, 0.2) is 88.9 Å². The van der Waals surface area contributed by atoms with Gasteiger partial charge in [0, 0.05) is 22.0 Å². The summed E-state index contributed by atoms with van der Waals surface area (Å²) in [6.07, 6.45) is 0. The van der Waals surface area contributed by atoms with Gasteiger partial charge in [-0.2, -0.15) is 0 Å². The van der Waals surface area contributed by atoms with Gasteiger partial charge in [-0.1, -0.05) is 47.6 Å². The number of hydrogen-bond donors (Lipinski definition) is 2. The molecule has 0 bridgehead atoms. The third-order valence-electron chi connectivity index (χ3n) is 3.49. The fourth-order valence-electron chi connectivity index (χ4n) is 2.34. The average Bonchev–Trinajstić information content (AvgIpc) is 2.64. The number of nitrogens with one attached hydrogen (secondary N) is 2. The van der Waals surface area contributed by atoms with Gasteiger partial charge in [-0.05, 0) is 41.9 Å². The van der Waals surface area contributed by atoms with E-state index in [-0.39, 0.29) is 10.6 Å². The van der Waals surface area contributed by atoms with Gasteiger partial charge in [0.25, 0.3) is 10.0 Å². The van der Waals surface area contributed by atoms with Crippen LogP contribution in [0.4, 0.5) is 22.7 Å². The number of sulfonamides is 1. The second-order valence-corrected chi connectivity index (χ2v) is 6.98. The fourth-order valence-corrected chi connectivity index (χ4v) is 3.58. The lowest BCUT2D eigenvalue weighted by atomic mass is 10.2. The number of azide groups is 1. The van der Waals surface area contributed by atoms with Crippen LogP contribution in [-0.2, 0) is 10.0 Å². The highest BCUT2D eigenvalue weighted by Crippen LogP contribution is 2.30. The van der Waals surface area contributed by atoms with Gasteiger partial charge in [-0.3, -0.25) is 4.72 Å². The Labute approximate surface area is 151 Å². The molecular formula is C18H15N5O2S. The molecule has 3 aromatic rings. The van der Waals surface area contributed by atoms with E-state index in [1.165, 1.54) is 6.07 Å². The predicted molar refractivity (Wildman–Crippen MR) is 102 cm³/mol. The van der Waals surface area contributed by atoms with E-state index in [9.17, 15) is 8.42 Å². The van der Waals surface area contributed by atoms with Crippen molar-refractivity contribution in [3.05, 3.63) is 89.3 Å². The third kappa shape index (κ3) is 4.13. The second kappa shape index (κ2) is 7.60. The van der Waals surface area contributed by atoms with Crippen LogP contribution in [0, 0.1) is 0 Å². The Morgan fingerprint density at radius 3 is 2.08 bits per heavy atom. The van der Waals surface area contributed by atoms with Crippen molar-refractivity contribution in [2.75, 3.05) is 10.0 Å². The molecular weight excluding hydrogens is 350 g/mol. The molecule has 26 heavy (non-hydrogen) atoms. The smallest absolute Gasteiger partial charge is 0.263 e. The summed E-state index contributed by atoms with van der Waals surface area (Å²) in [6, 6.07) is 22.2. The Balaban J connectivity index is 2.04. The van der Waals surface area contributed by atoms with Crippen molar-refractivity contribution in [1.29, 1.82) is 0 Å². The second-order valence-electron chi connectivity index (χ2n) is 5.33. The maximum atomic E-state index is 12.9. The van der Waals surface area contributed by atoms with Gasteiger partial charge in [0.2, 0.25) is 0 Å². The molecule has 2 N–H and O–H groups in total. The zero-order valence-corrected chi connectivity index (χ0v) is 14.4. The first-order chi connectivity index (χ1) is 12.6. The normalized spacial score (nSPS) is 10.6. The molecule has 130 valence electrons. The molecule has 3 aromatic carbocycles. The molecule has 0 spiro atoms. The Morgan fingerprint density at radius 2 is 1.46 bits per heavy atom. The van der Waals surface area contributed by atoms with E-state index in [1.807, 2.05) is 30.3 Å². The highest BCUT2D eigenvalue weighted by Gasteiger charge is 2.19. The molecule has 0 saturated heterocycles. The minimum Gasteiger partial charge on any atom is -0.354 e. The first-order valence-electron chi connectivity index (χ1n) is 7.67. The lowest BCUT2D eigenvalue weighted by Crippen LogP contribution is -2.14. The standard InChI is InChI=1S/C18H15N5O2S/c19-23-21-16-11-12-17(20-14-7-3-1-4-8-14)18(13-16)26(24,25)22-15-9-5-2-6-10-15/h1-13,20,22H. The minimum absolute atomic E-state index is 0.0184. The van der Waals surface area contributed by atoms with Gasteiger partial charge in [-0.25, -0.2) is 8.42 Å². The first-order valence-corrected chi connectivity index (χ1v) is 9.16. The molecule has 0 fully saturated rings. The number of benzene rings is 3. The zero-order chi connectivity index (χ0) is 18.4. The van der Waals surface area contributed by atoms with Crippen molar-refractivity contribution >= 4 is 32.8 Å². The van der Waals surface area contributed by atoms with Crippen LogP contribution in [0.25, 0.3) is 10.4 Å². The Bertz CT molecular complexity index is 1050. The summed E-state index contributed by atoms with van der Waals surface area (Å²) < 4.78 is 28.3. The van der Waals surface area contributed by atoms with Crippen LogP contribution < -0.4 is 10.0 Å². The van der Waals surface area contributed by atoms with Gasteiger partial charge in [0.1, 0.15) is 4.90 Å². The maximum absolute atomic E-state index is 12.9. The summed E-state index contributed by atoms with van der Waals surface area (Å²) in [4.78, 5) is 2.70. The maximum Gasteiger partial charge on any atom is 0.263 e. The predicted octanol–water partition coefficient (Wildman–Crippen LogP) is 5.17. The summed E-state index contributed by atoms with van der Waals surface area (Å²) in [5.41, 5.74) is 10.4. The van der Waals surface area contributed by atoms with Crippen molar-refractivity contribution in [2.45, 2.75) is 4.90 Å². The van der Waals surface area contributed by atoms with Crippen molar-refractivity contribution in [3.8, 4) is 0 Å². The summed E-state index contributed by atoms with van der Waals surface area (Å²) in [5.74, 6) is 0. The largest absolute Gasteiger partial charge is 0.354 e. The lowest BCUT2D eigenvalue weighted by molar-refractivity contribution is 0.601. The van der Waals surface area contributed by atoms with Crippen molar-refractivity contribution in [2.24, 2.45) is 5.11 Å². The van der Waals surface area contributed by atoms with Crippen molar-refractivity contribution in [1.82, 2.24) is 0 Å².